The Hall–Kier alpha value is -3.48. The normalized spacial score (nSPS) is 19.8. The molecule has 1 saturated heterocycles. The van der Waals surface area contributed by atoms with Crippen molar-refractivity contribution in [3.8, 4) is 17.2 Å². The van der Waals surface area contributed by atoms with E-state index in [9.17, 15) is 14.7 Å². The number of aliphatic hydroxyl groups is 1. The molecule has 7 nitrogen and oxygen atoms in total. The molecule has 0 aliphatic carbocycles. The van der Waals surface area contributed by atoms with Crippen LogP contribution in [0.3, 0.4) is 0 Å². The van der Waals surface area contributed by atoms with E-state index < -0.39 is 17.7 Å². The van der Waals surface area contributed by atoms with Crippen LogP contribution in [0.2, 0.25) is 0 Å². The van der Waals surface area contributed by atoms with Crippen molar-refractivity contribution in [3.05, 3.63) is 59.2 Å². The zero-order valence-electron chi connectivity index (χ0n) is 16.9. The van der Waals surface area contributed by atoms with Crippen LogP contribution in [0.25, 0.3) is 5.76 Å². The van der Waals surface area contributed by atoms with Crippen molar-refractivity contribution >= 4 is 17.4 Å². The summed E-state index contributed by atoms with van der Waals surface area (Å²) in [7, 11) is 1.55. The lowest BCUT2D eigenvalue weighted by atomic mass is 9.95. The molecule has 1 atom stereocenters. The Bertz CT molecular complexity index is 1030. The molecule has 0 bridgehead atoms. The van der Waals surface area contributed by atoms with Gasteiger partial charge in [0.2, 0.25) is 0 Å². The molecule has 2 aromatic rings. The molecule has 1 unspecified atom stereocenters. The van der Waals surface area contributed by atoms with E-state index in [1.807, 2.05) is 13.0 Å². The van der Waals surface area contributed by atoms with Crippen molar-refractivity contribution in [1.82, 2.24) is 4.90 Å². The van der Waals surface area contributed by atoms with Crippen molar-refractivity contribution in [2.45, 2.75) is 19.4 Å². The highest BCUT2D eigenvalue weighted by Crippen LogP contribution is 2.41. The van der Waals surface area contributed by atoms with Crippen LogP contribution >= 0.6 is 0 Å². The summed E-state index contributed by atoms with van der Waals surface area (Å²) in [6.07, 6.45) is 0.678. The number of fused-ring (bicyclic) bond motifs is 1. The molecule has 2 aliphatic heterocycles. The summed E-state index contributed by atoms with van der Waals surface area (Å²) < 4.78 is 16.4. The van der Waals surface area contributed by atoms with Crippen LogP contribution in [0.4, 0.5) is 0 Å². The summed E-state index contributed by atoms with van der Waals surface area (Å²) >= 11 is 0. The molecule has 2 aliphatic rings. The predicted molar refractivity (Wildman–Crippen MR) is 110 cm³/mol. The number of hydrogen-bond donors (Lipinski definition) is 1. The smallest absolute Gasteiger partial charge is 0.295 e. The van der Waals surface area contributed by atoms with Gasteiger partial charge in [-0.2, -0.15) is 0 Å². The number of nitrogens with zero attached hydrogens (tertiary/aromatic N) is 1. The quantitative estimate of drug-likeness (QED) is 0.463. The summed E-state index contributed by atoms with van der Waals surface area (Å²) in [5, 5.41) is 11.1. The predicted octanol–water partition coefficient (Wildman–Crippen LogP) is 3.30. The van der Waals surface area contributed by atoms with Crippen molar-refractivity contribution in [2.75, 3.05) is 26.9 Å². The van der Waals surface area contributed by atoms with E-state index >= 15 is 0 Å². The second-order valence-corrected chi connectivity index (χ2v) is 7.13. The second-order valence-electron chi connectivity index (χ2n) is 7.13. The van der Waals surface area contributed by atoms with E-state index in [4.69, 9.17) is 14.2 Å². The average molecular weight is 409 g/mol. The molecule has 0 aromatic heterocycles. The highest BCUT2D eigenvalue weighted by Gasteiger charge is 2.45. The molecular formula is C23H23NO6. The van der Waals surface area contributed by atoms with Crippen LogP contribution in [-0.4, -0.2) is 48.6 Å². The minimum absolute atomic E-state index is 0.0541. The fourth-order valence-electron chi connectivity index (χ4n) is 3.86. The summed E-state index contributed by atoms with van der Waals surface area (Å²) in [4.78, 5) is 27.2. The number of carbonyl (C=O) groups is 2. The third kappa shape index (κ3) is 3.36. The van der Waals surface area contributed by atoms with Gasteiger partial charge < -0.3 is 24.2 Å². The van der Waals surface area contributed by atoms with Crippen LogP contribution in [0, 0.1) is 0 Å². The van der Waals surface area contributed by atoms with E-state index in [1.54, 1.807) is 43.5 Å². The first-order valence-corrected chi connectivity index (χ1v) is 9.87. The molecule has 30 heavy (non-hydrogen) atoms. The molecule has 4 rings (SSSR count). The van der Waals surface area contributed by atoms with Gasteiger partial charge in [0.15, 0.2) is 11.5 Å². The monoisotopic (exact) mass is 409 g/mol. The van der Waals surface area contributed by atoms with E-state index in [-0.39, 0.29) is 11.3 Å². The second kappa shape index (κ2) is 8.10. The van der Waals surface area contributed by atoms with Gasteiger partial charge >= 0.3 is 0 Å². The molecular weight excluding hydrogens is 386 g/mol. The number of carbonyl (C=O) groups excluding carboxylic acids is 2. The summed E-state index contributed by atoms with van der Waals surface area (Å²) in [6, 6.07) is 11.4. The number of benzene rings is 2. The summed E-state index contributed by atoms with van der Waals surface area (Å²) in [6.45, 7) is 3.19. The number of hydrogen-bond acceptors (Lipinski definition) is 6. The van der Waals surface area contributed by atoms with Crippen LogP contribution in [0.1, 0.15) is 30.5 Å². The van der Waals surface area contributed by atoms with E-state index in [0.717, 1.165) is 0 Å². The molecule has 2 heterocycles. The molecule has 1 fully saturated rings. The van der Waals surface area contributed by atoms with E-state index in [2.05, 4.69) is 0 Å². The van der Waals surface area contributed by atoms with Gasteiger partial charge in [-0.25, -0.2) is 0 Å². The van der Waals surface area contributed by atoms with Gasteiger partial charge in [-0.05, 0) is 42.3 Å². The number of rotatable bonds is 5. The lowest BCUT2D eigenvalue weighted by Crippen LogP contribution is -2.30. The van der Waals surface area contributed by atoms with Gasteiger partial charge in [0.1, 0.15) is 24.7 Å². The Labute approximate surface area is 174 Å². The minimum Gasteiger partial charge on any atom is -0.507 e. The molecule has 1 N–H and O–H groups in total. The number of ketones is 1. The first-order chi connectivity index (χ1) is 14.5. The first-order valence-electron chi connectivity index (χ1n) is 9.87. The topological polar surface area (TPSA) is 85.3 Å². The van der Waals surface area contributed by atoms with Crippen molar-refractivity contribution in [2.24, 2.45) is 0 Å². The lowest BCUT2D eigenvalue weighted by molar-refractivity contribution is -0.139. The van der Waals surface area contributed by atoms with Crippen LogP contribution < -0.4 is 14.2 Å². The SMILES string of the molecule is CCCN1C(=O)C(=O)/C(=C(\O)c2ccc3c(c2)OCCO3)C1c1cccc(OC)c1. The number of Topliss-reactive ketones (excluding diaryl/α,β-unsaturated/α-hetero) is 1. The van der Waals surface area contributed by atoms with E-state index in [1.165, 1.54) is 4.90 Å². The largest absolute Gasteiger partial charge is 0.507 e. The van der Waals surface area contributed by atoms with Crippen LogP contribution in [0.5, 0.6) is 17.2 Å². The molecule has 7 heteroatoms. The van der Waals surface area contributed by atoms with Gasteiger partial charge in [0.25, 0.3) is 11.7 Å². The fraction of sp³-hybridized carbons (Fsp3) is 0.304. The third-order valence-electron chi connectivity index (χ3n) is 5.23. The number of methoxy groups -OCH3 is 1. The molecule has 156 valence electrons. The highest BCUT2D eigenvalue weighted by atomic mass is 16.6. The Morgan fingerprint density at radius 1 is 1.13 bits per heavy atom. The maximum Gasteiger partial charge on any atom is 0.295 e. The Morgan fingerprint density at radius 3 is 2.63 bits per heavy atom. The van der Waals surface area contributed by atoms with Gasteiger partial charge in [0.05, 0.1) is 18.7 Å². The first kappa shape index (κ1) is 19.8. The number of aliphatic hydroxyl groups excluding tert-OH is 1. The number of ether oxygens (including phenoxy) is 3. The Balaban J connectivity index is 1.85. The maximum absolute atomic E-state index is 12.9. The molecule has 0 radical (unpaired) electrons. The average Bonchev–Trinajstić information content (AvgIpc) is 3.03. The lowest BCUT2D eigenvalue weighted by Gasteiger charge is -2.25. The molecule has 0 saturated carbocycles. The highest BCUT2D eigenvalue weighted by molar-refractivity contribution is 6.46. The van der Waals surface area contributed by atoms with Crippen molar-refractivity contribution in [3.63, 3.8) is 0 Å². The molecule has 0 spiro atoms. The van der Waals surface area contributed by atoms with Crippen LogP contribution in [-0.2, 0) is 9.59 Å². The zero-order chi connectivity index (χ0) is 21.3. The molecule has 1 amide bonds. The van der Waals surface area contributed by atoms with Crippen LogP contribution in [0.15, 0.2) is 48.0 Å². The summed E-state index contributed by atoms with van der Waals surface area (Å²) in [5.74, 6) is 0.109. The number of likely N-dealkylation sites (tertiary alicyclic amines) is 1. The zero-order valence-corrected chi connectivity index (χ0v) is 16.9. The van der Waals surface area contributed by atoms with Gasteiger partial charge in [0, 0.05) is 12.1 Å². The Kier molecular flexibility index (Phi) is 5.35. The minimum atomic E-state index is -0.705. The Morgan fingerprint density at radius 2 is 1.90 bits per heavy atom. The molecule has 2 aromatic carbocycles. The maximum atomic E-state index is 12.9. The van der Waals surface area contributed by atoms with Crippen molar-refractivity contribution in [1.29, 1.82) is 0 Å². The fourth-order valence-corrected chi connectivity index (χ4v) is 3.86. The van der Waals surface area contributed by atoms with Gasteiger partial charge in [-0.1, -0.05) is 19.1 Å². The third-order valence-corrected chi connectivity index (χ3v) is 5.23. The van der Waals surface area contributed by atoms with Gasteiger partial charge in [-0.15, -0.1) is 0 Å². The standard InChI is InChI=1S/C23H23NO6/c1-3-9-24-20(14-5-4-6-16(12-14)28-2)19(22(26)23(24)27)21(25)15-7-8-17-18(13-15)30-11-10-29-17/h4-8,12-13,20,25H,3,9-11H2,1-2H3/b21-19-. The van der Waals surface area contributed by atoms with Gasteiger partial charge in [-0.3, -0.25) is 9.59 Å². The van der Waals surface area contributed by atoms with Crippen molar-refractivity contribution < 1.29 is 28.9 Å². The van der Waals surface area contributed by atoms with E-state index in [0.29, 0.717) is 54.6 Å². The summed E-state index contributed by atoms with van der Waals surface area (Å²) in [5.41, 5.74) is 1.14. The number of amides is 1.